The molecule has 0 radical (unpaired) electrons. The van der Waals surface area contributed by atoms with E-state index in [-0.39, 0.29) is 11.6 Å². The van der Waals surface area contributed by atoms with E-state index in [0.717, 1.165) is 70.0 Å². The van der Waals surface area contributed by atoms with Gasteiger partial charge in [-0.1, -0.05) is 105 Å². The van der Waals surface area contributed by atoms with Crippen LogP contribution in [0.3, 0.4) is 0 Å². The molecule has 5 aromatic rings. The van der Waals surface area contributed by atoms with Crippen molar-refractivity contribution >= 4 is 59.3 Å². The number of nitrogens with zero attached hydrogens (tertiary/aromatic N) is 3. The largest absolute Gasteiger partial charge is 0.534 e. The molecule has 0 bridgehead atoms. The van der Waals surface area contributed by atoms with E-state index in [2.05, 4.69) is 116 Å². The van der Waals surface area contributed by atoms with Crippen molar-refractivity contribution in [2.75, 3.05) is 67.3 Å². The van der Waals surface area contributed by atoms with Crippen LogP contribution in [-0.2, 0) is 20.8 Å². The van der Waals surface area contributed by atoms with Crippen molar-refractivity contribution in [1.82, 2.24) is 0 Å². The Hall–Kier alpha value is -4.74. The fraction of sp³-hybridized carbons (Fsp3) is 0.295. The molecule has 2 saturated heterocycles. The van der Waals surface area contributed by atoms with E-state index in [1.54, 1.807) is 16.7 Å². The molecule has 2 fully saturated rings. The Morgan fingerprint density at radius 2 is 1.15 bits per heavy atom. The summed E-state index contributed by atoms with van der Waals surface area (Å²) in [5.41, 5.74) is 4.79. The molecule has 3 aliphatic rings. The Kier molecular flexibility index (Phi) is 10.4. The van der Waals surface area contributed by atoms with E-state index in [4.69, 9.17) is 18.6 Å². The second-order valence-corrected chi connectivity index (χ2v) is 20.2. The molecule has 0 aromatic heterocycles. The first-order valence-electron chi connectivity index (χ1n) is 18.8. The van der Waals surface area contributed by atoms with Crippen molar-refractivity contribution < 1.29 is 23.4 Å². The smallest absolute Gasteiger partial charge is 0.419 e. The number of benzene rings is 5. The van der Waals surface area contributed by atoms with Crippen LogP contribution in [0.2, 0.25) is 5.04 Å². The zero-order chi connectivity index (χ0) is 37.1. The molecule has 8 rings (SSSR count). The van der Waals surface area contributed by atoms with Gasteiger partial charge in [0.05, 0.1) is 37.8 Å². The molecule has 54 heavy (non-hydrogen) atoms. The van der Waals surface area contributed by atoms with Gasteiger partial charge in [0, 0.05) is 47.3 Å². The Morgan fingerprint density at radius 1 is 0.667 bits per heavy atom. The van der Waals surface area contributed by atoms with Crippen LogP contribution in [0.25, 0.3) is 0 Å². The van der Waals surface area contributed by atoms with Gasteiger partial charge >= 0.3 is 14.4 Å². The number of hydrogen-bond donors (Lipinski definition) is 0. The van der Waals surface area contributed by atoms with E-state index in [1.807, 2.05) is 36.4 Å². The van der Waals surface area contributed by atoms with Gasteiger partial charge in [0.15, 0.2) is 0 Å². The van der Waals surface area contributed by atoms with Crippen LogP contribution in [0.5, 0.6) is 5.75 Å². The number of rotatable bonds is 8. The van der Waals surface area contributed by atoms with Crippen LogP contribution in [0.1, 0.15) is 26.3 Å². The van der Waals surface area contributed by atoms with Crippen molar-refractivity contribution in [2.24, 2.45) is 0 Å². The molecule has 8 nitrogen and oxygen atoms in total. The molecule has 10 heteroatoms. The molecular formula is C44H47N3O5SSi. The first-order valence-corrected chi connectivity index (χ1v) is 21.5. The fourth-order valence-corrected chi connectivity index (χ4v) is 13.3. The molecule has 0 unspecified atom stereocenters. The predicted octanol–water partition coefficient (Wildman–Crippen LogP) is 8.24. The number of carbonyl (C=O) groups excluding carboxylic acids is 1. The van der Waals surface area contributed by atoms with E-state index in [0.29, 0.717) is 26.4 Å². The average molecular weight is 758 g/mol. The summed E-state index contributed by atoms with van der Waals surface area (Å²) in [4.78, 5) is 22.6. The first kappa shape index (κ1) is 36.2. The quantitative estimate of drug-likeness (QED) is 0.147. The van der Waals surface area contributed by atoms with Gasteiger partial charge in [-0.25, -0.2) is 9.69 Å². The van der Waals surface area contributed by atoms with Gasteiger partial charge in [0.2, 0.25) is 0 Å². The number of hydrogen-bond acceptors (Lipinski definition) is 8. The zero-order valence-corrected chi connectivity index (χ0v) is 33.0. The Balaban J connectivity index is 1.05. The van der Waals surface area contributed by atoms with Crippen molar-refractivity contribution in [3.8, 4) is 5.75 Å². The lowest BCUT2D eigenvalue weighted by atomic mass is 10.2. The fourth-order valence-electron chi connectivity index (χ4n) is 7.71. The van der Waals surface area contributed by atoms with Crippen LogP contribution >= 0.6 is 11.8 Å². The molecule has 0 N–H and O–H groups in total. The number of amides is 1. The van der Waals surface area contributed by atoms with Gasteiger partial charge in [-0.05, 0) is 69.5 Å². The van der Waals surface area contributed by atoms with E-state index in [1.165, 1.54) is 10.4 Å². The molecule has 0 saturated carbocycles. The van der Waals surface area contributed by atoms with Crippen LogP contribution in [-0.4, -0.2) is 67.0 Å². The van der Waals surface area contributed by atoms with Crippen molar-refractivity contribution in [2.45, 2.75) is 42.2 Å². The Morgan fingerprint density at radius 3 is 1.61 bits per heavy atom. The molecule has 0 atom stereocenters. The highest BCUT2D eigenvalue weighted by atomic mass is 32.2. The summed E-state index contributed by atoms with van der Waals surface area (Å²) in [6.07, 6.45) is -0.413. The normalized spacial score (nSPS) is 16.0. The van der Waals surface area contributed by atoms with E-state index >= 15 is 0 Å². The maximum absolute atomic E-state index is 14.2. The maximum Gasteiger partial charge on any atom is 0.419 e. The summed E-state index contributed by atoms with van der Waals surface area (Å²) in [7, 11) is -2.78. The number of carbonyl (C=O) groups is 1. The minimum atomic E-state index is -2.78. The lowest BCUT2D eigenvalue weighted by molar-refractivity contribution is 0.122. The summed E-state index contributed by atoms with van der Waals surface area (Å²) in [5, 5.41) is 2.28. The summed E-state index contributed by atoms with van der Waals surface area (Å²) >= 11 is 1.70. The number of fused-ring (bicyclic) bond motifs is 2. The second kappa shape index (κ2) is 15.5. The monoisotopic (exact) mass is 757 g/mol. The molecule has 1 amide bonds. The summed E-state index contributed by atoms with van der Waals surface area (Å²) in [6.45, 7) is 13.2. The van der Waals surface area contributed by atoms with Gasteiger partial charge in [-0.15, -0.1) is 0 Å². The molecular weight excluding hydrogens is 711 g/mol. The van der Waals surface area contributed by atoms with E-state index in [9.17, 15) is 4.79 Å². The number of morpholine rings is 2. The summed E-state index contributed by atoms with van der Waals surface area (Å²) in [5.74, 6) is 0.794. The molecule has 0 aliphatic carbocycles. The molecule has 3 heterocycles. The lowest BCUT2D eigenvalue weighted by Gasteiger charge is -2.43. The van der Waals surface area contributed by atoms with Crippen LogP contribution in [0.15, 0.2) is 131 Å². The first-order chi connectivity index (χ1) is 26.3. The number of anilines is 4. The summed E-state index contributed by atoms with van der Waals surface area (Å²) in [6, 6.07) is 41.9. The van der Waals surface area contributed by atoms with Crippen LogP contribution in [0.4, 0.5) is 27.5 Å². The second-order valence-electron chi connectivity index (χ2n) is 14.9. The molecule has 0 spiro atoms. The van der Waals surface area contributed by atoms with Gasteiger partial charge in [-0.2, -0.15) is 0 Å². The molecule has 5 aromatic carbocycles. The van der Waals surface area contributed by atoms with Gasteiger partial charge < -0.3 is 28.4 Å². The van der Waals surface area contributed by atoms with Gasteiger partial charge in [0.25, 0.3) is 0 Å². The minimum Gasteiger partial charge on any atom is -0.534 e. The highest BCUT2D eigenvalue weighted by molar-refractivity contribution is 7.99. The van der Waals surface area contributed by atoms with Crippen molar-refractivity contribution in [3.05, 3.63) is 127 Å². The van der Waals surface area contributed by atoms with Gasteiger partial charge in [0.1, 0.15) is 12.4 Å². The van der Waals surface area contributed by atoms with Crippen LogP contribution in [0, 0.1) is 0 Å². The Labute approximate surface area is 323 Å². The van der Waals surface area contributed by atoms with E-state index < -0.39 is 14.4 Å². The van der Waals surface area contributed by atoms with Crippen molar-refractivity contribution in [1.29, 1.82) is 0 Å². The lowest BCUT2D eigenvalue weighted by Crippen LogP contribution is -2.68. The Bertz CT molecular complexity index is 1960. The highest BCUT2D eigenvalue weighted by Gasteiger charge is 2.52. The predicted molar refractivity (Wildman–Crippen MR) is 220 cm³/mol. The zero-order valence-electron chi connectivity index (χ0n) is 31.2. The third-order valence-corrected chi connectivity index (χ3v) is 16.5. The van der Waals surface area contributed by atoms with Crippen LogP contribution < -0.4 is 29.5 Å². The SMILES string of the molecule is CC(C)(C)[Si](Oc1ccc(COC(=O)N2c3ccc(N4CCOCC4)cc3Sc3cc(N4CCOCC4)ccc32)cc1)(c1ccccc1)c1ccccc1. The van der Waals surface area contributed by atoms with Crippen molar-refractivity contribution in [3.63, 3.8) is 0 Å². The number of ether oxygens (including phenoxy) is 3. The molecule has 3 aliphatic heterocycles. The third-order valence-electron chi connectivity index (χ3n) is 10.5. The molecule has 278 valence electrons. The minimum absolute atomic E-state index is 0.129. The standard InChI is InChI=1S/C44H47N3O5SSi/c1-44(2,3)54(37-10-6-4-7-11-37,38-12-8-5-9-13-38)52-36-18-14-33(15-19-36)32-51-43(48)47-39-20-16-34(45-22-26-49-27-23-45)30-41(39)53-42-31-35(17-21-40(42)47)46-24-28-50-29-25-46/h4-21,30-31H,22-29,32H2,1-3H3. The average Bonchev–Trinajstić information content (AvgIpc) is 3.22. The topological polar surface area (TPSA) is 63.7 Å². The summed E-state index contributed by atoms with van der Waals surface area (Å²) < 4.78 is 24.5. The highest BCUT2D eigenvalue weighted by Crippen LogP contribution is 2.50. The van der Waals surface area contributed by atoms with Gasteiger partial charge in [-0.3, -0.25) is 0 Å². The third kappa shape index (κ3) is 7.23. The maximum atomic E-state index is 14.2.